The molecule has 0 aliphatic rings. The van der Waals surface area contributed by atoms with Gasteiger partial charge in [0.2, 0.25) is 5.91 Å². The van der Waals surface area contributed by atoms with E-state index in [1.54, 1.807) is 4.90 Å². The van der Waals surface area contributed by atoms with Gasteiger partial charge in [0.15, 0.2) is 6.61 Å². The van der Waals surface area contributed by atoms with Crippen molar-refractivity contribution in [1.29, 1.82) is 0 Å². The third-order valence-corrected chi connectivity index (χ3v) is 5.52. The molecule has 2 amide bonds. The largest absolute Gasteiger partial charge is 0.483 e. The fraction of sp³-hybridized carbons (Fsp3) is 0.462. The molecule has 2 rings (SSSR count). The first-order chi connectivity index (χ1) is 14.7. The van der Waals surface area contributed by atoms with E-state index in [0.29, 0.717) is 18.7 Å². The van der Waals surface area contributed by atoms with Crippen LogP contribution in [0, 0.1) is 20.8 Å². The Balaban J connectivity index is 2.25. The van der Waals surface area contributed by atoms with Gasteiger partial charge in [-0.05, 0) is 63.3 Å². The lowest BCUT2D eigenvalue weighted by atomic mass is 10.1. The van der Waals surface area contributed by atoms with E-state index >= 15 is 0 Å². The van der Waals surface area contributed by atoms with Gasteiger partial charge in [0.25, 0.3) is 5.91 Å². The fourth-order valence-electron chi connectivity index (χ4n) is 3.45. The summed E-state index contributed by atoms with van der Waals surface area (Å²) in [5.41, 5.74) is 4.16. The van der Waals surface area contributed by atoms with Crippen LogP contribution < -0.4 is 10.1 Å². The van der Waals surface area contributed by atoms with E-state index in [4.69, 9.17) is 4.74 Å². The molecule has 2 aromatic carbocycles. The third kappa shape index (κ3) is 7.12. The van der Waals surface area contributed by atoms with Crippen LogP contribution in [0.25, 0.3) is 0 Å². The third-order valence-electron chi connectivity index (χ3n) is 5.52. The number of aryl methyl sites for hydroxylation is 3. The standard InChI is InChI=1S/C26H36N2O3/c1-7-21(6)27-26(30)23(8-2)28(16-22-11-9-10-18(3)14-22)25(29)17-31-24-15-19(4)12-13-20(24)5/h9-15,21,23H,7-8,16-17H2,1-6H3,(H,27,30)/t21-,23-/m0/s1. The van der Waals surface area contributed by atoms with Crippen molar-refractivity contribution in [2.45, 2.75) is 73.0 Å². The van der Waals surface area contributed by atoms with Crippen molar-refractivity contribution in [2.24, 2.45) is 0 Å². The molecule has 5 nitrogen and oxygen atoms in total. The quantitative estimate of drug-likeness (QED) is 0.601. The fourth-order valence-corrected chi connectivity index (χ4v) is 3.45. The van der Waals surface area contributed by atoms with Crippen LogP contribution >= 0.6 is 0 Å². The van der Waals surface area contributed by atoms with E-state index in [0.717, 1.165) is 28.7 Å². The summed E-state index contributed by atoms with van der Waals surface area (Å²) in [6.45, 7) is 12.2. The molecule has 0 bridgehead atoms. The van der Waals surface area contributed by atoms with Gasteiger partial charge in [-0.3, -0.25) is 9.59 Å². The van der Waals surface area contributed by atoms with E-state index in [2.05, 4.69) is 5.32 Å². The molecule has 0 aliphatic carbocycles. The number of hydrogen-bond acceptors (Lipinski definition) is 3. The second-order valence-electron chi connectivity index (χ2n) is 8.31. The Morgan fingerprint density at radius 2 is 1.71 bits per heavy atom. The summed E-state index contributed by atoms with van der Waals surface area (Å²) >= 11 is 0. The van der Waals surface area contributed by atoms with Crippen LogP contribution in [0.5, 0.6) is 5.75 Å². The molecule has 0 fully saturated rings. The zero-order chi connectivity index (χ0) is 23.0. The first-order valence-corrected chi connectivity index (χ1v) is 11.1. The second kappa shape index (κ2) is 11.5. The van der Waals surface area contributed by atoms with Gasteiger partial charge in [-0.25, -0.2) is 0 Å². The number of ether oxygens (including phenoxy) is 1. The van der Waals surface area contributed by atoms with Gasteiger partial charge in [0.05, 0.1) is 0 Å². The maximum absolute atomic E-state index is 13.3. The van der Waals surface area contributed by atoms with Crippen molar-refractivity contribution in [3.63, 3.8) is 0 Å². The van der Waals surface area contributed by atoms with Crippen LogP contribution in [0.2, 0.25) is 0 Å². The van der Waals surface area contributed by atoms with E-state index in [1.165, 1.54) is 0 Å². The Labute approximate surface area is 186 Å². The molecule has 168 valence electrons. The first-order valence-electron chi connectivity index (χ1n) is 11.1. The number of carbonyl (C=O) groups excluding carboxylic acids is 2. The van der Waals surface area contributed by atoms with Crippen LogP contribution in [-0.2, 0) is 16.1 Å². The lowest BCUT2D eigenvalue weighted by Crippen LogP contribution is -2.51. The minimum Gasteiger partial charge on any atom is -0.483 e. The zero-order valence-corrected chi connectivity index (χ0v) is 19.7. The Bertz CT molecular complexity index is 894. The Morgan fingerprint density at radius 1 is 1.00 bits per heavy atom. The van der Waals surface area contributed by atoms with Gasteiger partial charge < -0.3 is 15.0 Å². The van der Waals surface area contributed by atoms with Crippen molar-refractivity contribution in [3.05, 3.63) is 64.7 Å². The van der Waals surface area contributed by atoms with Gasteiger partial charge >= 0.3 is 0 Å². The van der Waals surface area contributed by atoms with E-state index in [1.807, 2.05) is 84.0 Å². The van der Waals surface area contributed by atoms with Crippen molar-refractivity contribution >= 4 is 11.8 Å². The molecule has 1 N–H and O–H groups in total. The van der Waals surface area contributed by atoms with Gasteiger partial charge in [0, 0.05) is 12.6 Å². The molecule has 0 saturated carbocycles. The normalized spacial score (nSPS) is 12.7. The highest BCUT2D eigenvalue weighted by atomic mass is 16.5. The number of amides is 2. The topological polar surface area (TPSA) is 58.6 Å². The van der Waals surface area contributed by atoms with Gasteiger partial charge in [-0.1, -0.05) is 55.8 Å². The lowest BCUT2D eigenvalue weighted by molar-refractivity contribution is -0.143. The van der Waals surface area contributed by atoms with Crippen LogP contribution in [0.3, 0.4) is 0 Å². The molecule has 31 heavy (non-hydrogen) atoms. The maximum Gasteiger partial charge on any atom is 0.261 e. The molecule has 0 radical (unpaired) electrons. The zero-order valence-electron chi connectivity index (χ0n) is 19.7. The van der Waals surface area contributed by atoms with E-state index in [-0.39, 0.29) is 24.5 Å². The van der Waals surface area contributed by atoms with E-state index in [9.17, 15) is 9.59 Å². The summed E-state index contributed by atoms with van der Waals surface area (Å²) in [6.07, 6.45) is 1.37. The first kappa shape index (κ1) is 24.4. The molecule has 2 atom stereocenters. The molecule has 0 unspecified atom stereocenters. The summed E-state index contributed by atoms with van der Waals surface area (Å²) in [6, 6.07) is 13.5. The summed E-state index contributed by atoms with van der Waals surface area (Å²) in [4.78, 5) is 27.9. The van der Waals surface area contributed by atoms with E-state index < -0.39 is 6.04 Å². The highest BCUT2D eigenvalue weighted by molar-refractivity contribution is 5.88. The lowest BCUT2D eigenvalue weighted by Gasteiger charge is -2.31. The molecule has 0 aromatic heterocycles. The number of nitrogens with one attached hydrogen (secondary N) is 1. The number of nitrogens with zero attached hydrogens (tertiary/aromatic N) is 1. The smallest absolute Gasteiger partial charge is 0.261 e. The van der Waals surface area contributed by atoms with Crippen molar-refractivity contribution < 1.29 is 14.3 Å². The molecule has 5 heteroatoms. The van der Waals surface area contributed by atoms with Crippen LogP contribution in [0.1, 0.15) is 55.9 Å². The van der Waals surface area contributed by atoms with Gasteiger partial charge in [-0.2, -0.15) is 0 Å². The number of rotatable bonds is 10. The SMILES string of the molecule is CC[C@H](C)NC(=O)[C@H](CC)N(Cc1cccc(C)c1)C(=O)COc1cc(C)ccc1C. The number of benzene rings is 2. The molecule has 0 spiro atoms. The molecular formula is C26H36N2O3. The molecule has 2 aromatic rings. The number of hydrogen-bond donors (Lipinski definition) is 1. The highest BCUT2D eigenvalue weighted by Gasteiger charge is 2.29. The predicted octanol–water partition coefficient (Wildman–Crippen LogP) is 4.71. The Hall–Kier alpha value is -2.82. The van der Waals surface area contributed by atoms with Gasteiger partial charge in [0.1, 0.15) is 11.8 Å². The van der Waals surface area contributed by atoms with Crippen LogP contribution in [-0.4, -0.2) is 35.4 Å². The van der Waals surface area contributed by atoms with Crippen molar-refractivity contribution in [1.82, 2.24) is 10.2 Å². The Morgan fingerprint density at radius 3 is 2.35 bits per heavy atom. The predicted molar refractivity (Wildman–Crippen MR) is 125 cm³/mol. The summed E-state index contributed by atoms with van der Waals surface area (Å²) in [7, 11) is 0. The van der Waals surface area contributed by atoms with Crippen molar-refractivity contribution in [3.8, 4) is 5.75 Å². The molecule has 0 saturated heterocycles. The minimum atomic E-state index is -0.552. The molecular weight excluding hydrogens is 388 g/mol. The second-order valence-corrected chi connectivity index (χ2v) is 8.31. The van der Waals surface area contributed by atoms with Crippen LogP contribution in [0.15, 0.2) is 42.5 Å². The minimum absolute atomic E-state index is 0.0589. The number of carbonyl (C=O) groups is 2. The highest BCUT2D eigenvalue weighted by Crippen LogP contribution is 2.20. The monoisotopic (exact) mass is 424 g/mol. The van der Waals surface area contributed by atoms with Crippen LogP contribution in [0.4, 0.5) is 0 Å². The Kier molecular flexibility index (Phi) is 9.10. The van der Waals surface area contributed by atoms with Crippen molar-refractivity contribution in [2.75, 3.05) is 6.61 Å². The van der Waals surface area contributed by atoms with Gasteiger partial charge in [-0.15, -0.1) is 0 Å². The summed E-state index contributed by atoms with van der Waals surface area (Å²) in [5.74, 6) is 0.374. The molecule has 0 aliphatic heterocycles. The molecule has 0 heterocycles. The summed E-state index contributed by atoms with van der Waals surface area (Å²) in [5, 5.41) is 3.03. The summed E-state index contributed by atoms with van der Waals surface area (Å²) < 4.78 is 5.88. The average molecular weight is 425 g/mol. The maximum atomic E-state index is 13.3. The average Bonchev–Trinajstić information content (AvgIpc) is 2.73.